The van der Waals surface area contributed by atoms with Gasteiger partial charge >= 0.3 is 4.87 Å². The van der Waals surface area contributed by atoms with Crippen LogP contribution in [0.2, 0.25) is 10.0 Å². The van der Waals surface area contributed by atoms with Gasteiger partial charge in [-0.3, -0.25) is 0 Å². The van der Waals surface area contributed by atoms with E-state index in [-0.39, 0.29) is 4.87 Å². The summed E-state index contributed by atoms with van der Waals surface area (Å²) in [7, 11) is -3.52. The average molecular weight is 325 g/mol. The Morgan fingerprint density at radius 3 is 2.72 bits per heavy atom. The van der Waals surface area contributed by atoms with Crippen molar-refractivity contribution in [2.45, 2.75) is 0 Å². The highest BCUT2D eigenvalue weighted by atomic mass is 35.5. The lowest BCUT2D eigenvalue weighted by molar-refractivity contribution is 0.390. The van der Waals surface area contributed by atoms with Crippen LogP contribution in [0.25, 0.3) is 10.6 Å². The molecular weight excluding hydrogens is 319 g/mol. The van der Waals surface area contributed by atoms with Crippen LogP contribution in [-0.4, -0.2) is 19.8 Å². The number of benzene rings is 1. The Morgan fingerprint density at radius 1 is 1.39 bits per heavy atom. The van der Waals surface area contributed by atoms with E-state index in [9.17, 15) is 8.42 Å². The Kier molecular flexibility index (Phi) is 3.76. The van der Waals surface area contributed by atoms with Gasteiger partial charge in [0.25, 0.3) is 10.0 Å². The molecule has 0 aliphatic carbocycles. The van der Waals surface area contributed by atoms with Crippen LogP contribution >= 0.6 is 34.5 Å². The molecule has 0 spiro atoms. The second kappa shape index (κ2) is 5.00. The van der Waals surface area contributed by atoms with Crippen LogP contribution in [0.4, 0.5) is 0 Å². The predicted octanol–water partition coefficient (Wildman–Crippen LogP) is 2.57. The molecular formula is C9H6Cl2N2O3S2. The van der Waals surface area contributed by atoms with E-state index in [1.54, 1.807) is 18.2 Å². The summed E-state index contributed by atoms with van der Waals surface area (Å²) >= 11 is 12.8. The van der Waals surface area contributed by atoms with Crippen LogP contribution < -0.4 is 4.87 Å². The summed E-state index contributed by atoms with van der Waals surface area (Å²) in [4.78, 5) is -0.0569. The highest BCUT2D eigenvalue weighted by Crippen LogP contribution is 2.30. The van der Waals surface area contributed by atoms with E-state index in [1.165, 1.54) is 0 Å². The maximum atomic E-state index is 11.0. The fourth-order valence-electron chi connectivity index (χ4n) is 1.14. The molecule has 9 heteroatoms. The van der Waals surface area contributed by atoms with Crippen LogP contribution in [0, 0.1) is 0 Å². The first kappa shape index (κ1) is 13.5. The standard InChI is InChI=1S/C9H6Cl2N2O3S2/c1-18(14,15)13-9-16-12-8(17-9)6-3-2-5(10)4-7(6)11/h2-4H,1H3/b13-9-. The molecule has 0 amide bonds. The number of rotatable bonds is 2. The molecule has 0 unspecified atom stereocenters. The molecule has 1 aromatic heterocycles. The topological polar surface area (TPSA) is 72.5 Å². The fraction of sp³-hybridized carbons (Fsp3) is 0.111. The normalized spacial score (nSPS) is 12.9. The molecule has 96 valence electrons. The van der Waals surface area contributed by atoms with E-state index in [1.807, 2.05) is 0 Å². The van der Waals surface area contributed by atoms with E-state index in [2.05, 4.69) is 9.55 Å². The van der Waals surface area contributed by atoms with Crippen molar-refractivity contribution in [1.29, 1.82) is 0 Å². The molecule has 2 aromatic rings. The van der Waals surface area contributed by atoms with Gasteiger partial charge in [0.15, 0.2) is 5.01 Å². The SMILES string of the molecule is CS(=O)(=O)/N=c1/onc(-c2ccc(Cl)cc2Cl)s1. The number of hydrogen-bond acceptors (Lipinski definition) is 5. The highest BCUT2D eigenvalue weighted by molar-refractivity contribution is 7.89. The van der Waals surface area contributed by atoms with E-state index in [0.717, 1.165) is 17.6 Å². The number of nitrogens with zero attached hydrogens (tertiary/aromatic N) is 2. The Balaban J connectivity index is 2.51. The lowest BCUT2D eigenvalue weighted by Crippen LogP contribution is -1.99. The van der Waals surface area contributed by atoms with E-state index in [4.69, 9.17) is 27.7 Å². The zero-order valence-corrected chi connectivity index (χ0v) is 12.1. The van der Waals surface area contributed by atoms with Gasteiger partial charge in [-0.25, -0.2) is 8.42 Å². The maximum absolute atomic E-state index is 11.0. The van der Waals surface area contributed by atoms with Gasteiger partial charge in [0.1, 0.15) is 0 Å². The molecule has 1 aromatic carbocycles. The van der Waals surface area contributed by atoms with Crippen LogP contribution in [0.5, 0.6) is 0 Å². The van der Waals surface area contributed by atoms with Crippen LogP contribution in [0.15, 0.2) is 27.1 Å². The van der Waals surface area contributed by atoms with Gasteiger partial charge in [-0.05, 0) is 18.2 Å². The highest BCUT2D eigenvalue weighted by Gasteiger charge is 2.10. The van der Waals surface area contributed by atoms with E-state index in [0.29, 0.717) is 20.6 Å². The average Bonchev–Trinajstić information content (AvgIpc) is 2.63. The van der Waals surface area contributed by atoms with Crippen molar-refractivity contribution in [3.8, 4) is 10.6 Å². The Bertz CT molecular complexity index is 749. The first-order valence-electron chi connectivity index (χ1n) is 4.53. The third-order valence-electron chi connectivity index (χ3n) is 1.79. The summed E-state index contributed by atoms with van der Waals surface area (Å²) in [5, 5.41) is 5.05. The minimum absolute atomic E-state index is 0.0569. The van der Waals surface area contributed by atoms with E-state index >= 15 is 0 Å². The van der Waals surface area contributed by atoms with E-state index < -0.39 is 10.0 Å². The molecule has 5 nitrogen and oxygen atoms in total. The summed E-state index contributed by atoms with van der Waals surface area (Å²) in [6.07, 6.45) is 0.969. The van der Waals surface area contributed by atoms with Crippen molar-refractivity contribution in [3.63, 3.8) is 0 Å². The Hall–Kier alpha value is -0.890. The number of aromatic nitrogens is 1. The molecule has 0 radical (unpaired) electrons. The zero-order chi connectivity index (χ0) is 13.3. The van der Waals surface area contributed by atoms with Gasteiger partial charge in [0.2, 0.25) is 0 Å². The molecule has 2 rings (SSSR count). The third kappa shape index (κ3) is 3.32. The smallest absolute Gasteiger partial charge is 0.318 e. The van der Waals surface area contributed by atoms with Gasteiger partial charge in [-0.2, -0.15) is 0 Å². The van der Waals surface area contributed by atoms with Crippen molar-refractivity contribution in [2.75, 3.05) is 6.26 Å². The molecule has 0 aliphatic rings. The predicted molar refractivity (Wildman–Crippen MR) is 70.2 cm³/mol. The second-order valence-corrected chi connectivity index (χ2v) is 6.74. The molecule has 0 bridgehead atoms. The summed E-state index contributed by atoms with van der Waals surface area (Å²) < 4.78 is 30.1. The Morgan fingerprint density at radius 2 is 2.11 bits per heavy atom. The zero-order valence-electron chi connectivity index (χ0n) is 8.92. The van der Waals surface area contributed by atoms with Gasteiger partial charge in [0.05, 0.1) is 11.3 Å². The molecule has 0 saturated heterocycles. The Labute approximate surface area is 117 Å². The maximum Gasteiger partial charge on any atom is 0.318 e. The quantitative estimate of drug-likeness (QED) is 0.851. The lowest BCUT2D eigenvalue weighted by Gasteiger charge is -1.98. The van der Waals surface area contributed by atoms with Crippen LogP contribution in [0.1, 0.15) is 0 Å². The number of halogens is 2. The van der Waals surface area contributed by atoms with Gasteiger partial charge in [-0.1, -0.05) is 39.7 Å². The van der Waals surface area contributed by atoms with Crippen molar-refractivity contribution in [2.24, 2.45) is 4.40 Å². The number of hydrogen-bond donors (Lipinski definition) is 0. The van der Waals surface area contributed by atoms with Crippen molar-refractivity contribution >= 4 is 44.6 Å². The van der Waals surface area contributed by atoms with Gasteiger partial charge in [0, 0.05) is 10.6 Å². The molecule has 0 saturated carbocycles. The summed E-state index contributed by atoms with van der Waals surface area (Å²) in [6.45, 7) is 0. The summed E-state index contributed by atoms with van der Waals surface area (Å²) in [5.74, 6) is 0. The minimum atomic E-state index is -3.52. The van der Waals surface area contributed by atoms with Crippen LogP contribution in [0.3, 0.4) is 0 Å². The molecule has 0 fully saturated rings. The second-order valence-electron chi connectivity index (χ2n) is 3.30. The van der Waals surface area contributed by atoms with Crippen molar-refractivity contribution < 1.29 is 12.9 Å². The third-order valence-corrected chi connectivity index (χ3v) is 3.78. The first-order valence-corrected chi connectivity index (χ1v) is 7.95. The number of sulfonamides is 1. The molecule has 0 aliphatic heterocycles. The fourth-order valence-corrected chi connectivity index (χ4v) is 3.15. The van der Waals surface area contributed by atoms with Crippen LogP contribution in [-0.2, 0) is 10.0 Å². The van der Waals surface area contributed by atoms with Crippen molar-refractivity contribution in [3.05, 3.63) is 33.1 Å². The summed E-state index contributed by atoms with van der Waals surface area (Å²) in [5.41, 5.74) is 0.602. The molecule has 1 heterocycles. The lowest BCUT2D eigenvalue weighted by atomic mass is 10.2. The van der Waals surface area contributed by atoms with Gasteiger partial charge in [-0.15, -0.1) is 4.40 Å². The first-order chi connectivity index (χ1) is 8.35. The molecule has 0 N–H and O–H groups in total. The molecule has 0 atom stereocenters. The minimum Gasteiger partial charge on any atom is -0.323 e. The van der Waals surface area contributed by atoms with Crippen molar-refractivity contribution in [1.82, 2.24) is 5.16 Å². The van der Waals surface area contributed by atoms with Gasteiger partial charge < -0.3 is 4.52 Å². The largest absolute Gasteiger partial charge is 0.323 e. The molecule has 18 heavy (non-hydrogen) atoms. The monoisotopic (exact) mass is 324 g/mol. The summed E-state index contributed by atoms with van der Waals surface area (Å²) in [6, 6.07) is 4.88.